The summed E-state index contributed by atoms with van der Waals surface area (Å²) in [6.07, 6.45) is 0.889. The zero-order valence-electron chi connectivity index (χ0n) is 15.3. The highest BCUT2D eigenvalue weighted by Gasteiger charge is 2.29. The summed E-state index contributed by atoms with van der Waals surface area (Å²) >= 11 is 0. The molecular formula is C18H20N4O4S. The van der Waals surface area contributed by atoms with Crippen molar-refractivity contribution in [3.63, 3.8) is 0 Å². The summed E-state index contributed by atoms with van der Waals surface area (Å²) in [5, 5.41) is 0.102. The summed E-state index contributed by atoms with van der Waals surface area (Å²) in [6.45, 7) is 1.87. The van der Waals surface area contributed by atoms with Crippen molar-refractivity contribution in [2.45, 2.75) is 29.6 Å². The number of aromatic nitrogens is 3. The largest absolute Gasteiger partial charge is 0.383 e. The molecule has 3 aromatic rings. The van der Waals surface area contributed by atoms with Gasteiger partial charge in [-0.2, -0.15) is 0 Å². The van der Waals surface area contributed by atoms with E-state index in [2.05, 4.69) is 4.98 Å². The van der Waals surface area contributed by atoms with Gasteiger partial charge in [-0.25, -0.2) is 18.2 Å². The lowest BCUT2D eigenvalue weighted by Crippen LogP contribution is -2.38. The molecule has 3 rings (SSSR count). The van der Waals surface area contributed by atoms with Crippen molar-refractivity contribution >= 4 is 26.7 Å². The third-order valence-electron chi connectivity index (χ3n) is 4.49. The molecule has 0 unspecified atom stereocenters. The number of pyridine rings is 1. The third-order valence-corrected chi connectivity index (χ3v) is 6.38. The van der Waals surface area contributed by atoms with Gasteiger partial charge in [0.1, 0.15) is 10.7 Å². The number of fused-ring (bicyclic) bond motifs is 1. The minimum absolute atomic E-state index is 0.0665. The summed E-state index contributed by atoms with van der Waals surface area (Å²) in [5.41, 5.74) is 5.26. The molecule has 142 valence electrons. The Balaban J connectivity index is 2.56. The monoisotopic (exact) mass is 388 g/mol. The molecule has 0 atom stereocenters. The van der Waals surface area contributed by atoms with Gasteiger partial charge in [0.05, 0.1) is 10.3 Å². The Labute approximate surface area is 155 Å². The van der Waals surface area contributed by atoms with E-state index in [1.54, 1.807) is 18.2 Å². The zero-order valence-corrected chi connectivity index (χ0v) is 16.1. The van der Waals surface area contributed by atoms with E-state index in [-0.39, 0.29) is 26.6 Å². The van der Waals surface area contributed by atoms with Gasteiger partial charge in [0.15, 0.2) is 5.65 Å². The molecule has 0 aliphatic carbocycles. The van der Waals surface area contributed by atoms with Crippen LogP contribution < -0.4 is 17.0 Å². The first-order valence-corrected chi connectivity index (χ1v) is 9.88. The Morgan fingerprint density at radius 3 is 2.30 bits per heavy atom. The smallest absolute Gasteiger partial charge is 0.332 e. The van der Waals surface area contributed by atoms with Crippen molar-refractivity contribution in [3.05, 3.63) is 56.7 Å². The fourth-order valence-corrected chi connectivity index (χ4v) is 4.77. The Bertz CT molecular complexity index is 1260. The lowest BCUT2D eigenvalue weighted by Gasteiger charge is -2.16. The van der Waals surface area contributed by atoms with E-state index in [1.807, 2.05) is 6.92 Å². The highest BCUT2D eigenvalue weighted by Crippen LogP contribution is 2.32. The molecular weight excluding hydrogens is 368 g/mol. The molecule has 2 aromatic heterocycles. The molecule has 9 heteroatoms. The fraction of sp³-hybridized carbons (Fsp3) is 0.278. The van der Waals surface area contributed by atoms with Crippen LogP contribution >= 0.6 is 0 Å². The maximum atomic E-state index is 13.2. The maximum absolute atomic E-state index is 13.2. The number of rotatable bonds is 4. The van der Waals surface area contributed by atoms with Crippen LogP contribution in [-0.4, -0.2) is 22.5 Å². The predicted octanol–water partition coefficient (Wildman–Crippen LogP) is 1.000. The lowest BCUT2D eigenvalue weighted by molar-refractivity contribution is 0.594. The lowest BCUT2D eigenvalue weighted by atomic mass is 10.1. The van der Waals surface area contributed by atoms with Crippen LogP contribution in [0.2, 0.25) is 0 Å². The van der Waals surface area contributed by atoms with E-state index < -0.39 is 21.1 Å². The van der Waals surface area contributed by atoms with Crippen molar-refractivity contribution in [2.75, 3.05) is 5.73 Å². The van der Waals surface area contributed by atoms with Crippen LogP contribution in [0.5, 0.6) is 0 Å². The van der Waals surface area contributed by atoms with Crippen LogP contribution in [0.25, 0.3) is 11.0 Å². The molecule has 0 aliphatic rings. The Kier molecular flexibility index (Phi) is 4.64. The van der Waals surface area contributed by atoms with E-state index in [0.717, 1.165) is 4.57 Å². The van der Waals surface area contributed by atoms with Crippen molar-refractivity contribution in [3.8, 4) is 0 Å². The van der Waals surface area contributed by atoms with Crippen molar-refractivity contribution in [1.29, 1.82) is 0 Å². The fourth-order valence-electron chi connectivity index (χ4n) is 3.17. The molecule has 0 bridgehead atoms. The molecule has 0 fully saturated rings. The summed E-state index contributed by atoms with van der Waals surface area (Å²) in [4.78, 5) is 29.0. The maximum Gasteiger partial charge on any atom is 0.332 e. The Morgan fingerprint density at radius 1 is 1.07 bits per heavy atom. The van der Waals surface area contributed by atoms with E-state index in [9.17, 15) is 18.0 Å². The molecule has 2 N–H and O–H groups in total. The minimum Gasteiger partial charge on any atom is -0.383 e. The van der Waals surface area contributed by atoms with Gasteiger partial charge in [0.2, 0.25) is 9.84 Å². The molecule has 0 saturated carbocycles. The van der Waals surface area contributed by atoms with Gasteiger partial charge in [-0.15, -0.1) is 0 Å². The summed E-state index contributed by atoms with van der Waals surface area (Å²) < 4.78 is 28.6. The van der Waals surface area contributed by atoms with Crippen LogP contribution in [0.15, 0.2) is 49.7 Å². The summed E-state index contributed by atoms with van der Waals surface area (Å²) in [6, 6.07) is 7.86. The molecule has 2 heterocycles. The van der Waals surface area contributed by atoms with E-state index in [4.69, 9.17) is 5.73 Å². The van der Waals surface area contributed by atoms with Gasteiger partial charge in [-0.1, -0.05) is 31.5 Å². The van der Waals surface area contributed by atoms with Gasteiger partial charge in [0.25, 0.3) is 5.56 Å². The normalized spacial score (nSPS) is 11.8. The number of sulfone groups is 1. The Morgan fingerprint density at radius 2 is 1.70 bits per heavy atom. The van der Waals surface area contributed by atoms with Crippen LogP contribution in [0, 0.1) is 0 Å². The van der Waals surface area contributed by atoms with Crippen LogP contribution in [0.3, 0.4) is 0 Å². The number of nitrogens with zero attached hydrogens (tertiary/aromatic N) is 3. The third kappa shape index (κ3) is 2.84. The second-order valence-corrected chi connectivity index (χ2v) is 8.16. The SMILES string of the molecule is CCCc1c(S(=O)(=O)c2ccccc2)c(N)nc2c1c(=O)n(C)c(=O)n2C. The molecule has 0 spiro atoms. The molecule has 27 heavy (non-hydrogen) atoms. The first-order chi connectivity index (χ1) is 12.7. The second kappa shape index (κ2) is 6.66. The van der Waals surface area contributed by atoms with Crippen molar-refractivity contribution in [2.24, 2.45) is 14.1 Å². The number of nitrogens with two attached hydrogens (primary N) is 1. The average Bonchev–Trinajstić information content (AvgIpc) is 2.65. The quantitative estimate of drug-likeness (QED) is 0.712. The average molecular weight is 388 g/mol. The number of benzene rings is 1. The molecule has 0 saturated heterocycles. The number of anilines is 1. The van der Waals surface area contributed by atoms with Crippen LogP contribution in [0.1, 0.15) is 18.9 Å². The number of hydrogen-bond acceptors (Lipinski definition) is 6. The van der Waals surface area contributed by atoms with E-state index >= 15 is 0 Å². The van der Waals surface area contributed by atoms with E-state index in [1.165, 1.54) is 30.8 Å². The number of hydrogen-bond donors (Lipinski definition) is 1. The topological polar surface area (TPSA) is 117 Å². The molecule has 1 aromatic carbocycles. The highest BCUT2D eigenvalue weighted by molar-refractivity contribution is 7.91. The van der Waals surface area contributed by atoms with Crippen LogP contribution in [-0.2, 0) is 30.4 Å². The second-order valence-electron chi connectivity index (χ2n) is 6.28. The molecule has 0 amide bonds. The van der Waals surface area contributed by atoms with Gasteiger partial charge in [-0.3, -0.25) is 13.9 Å². The molecule has 0 radical (unpaired) electrons. The van der Waals surface area contributed by atoms with Gasteiger partial charge in [0, 0.05) is 14.1 Å². The number of nitrogen functional groups attached to an aromatic ring is 1. The molecule has 8 nitrogen and oxygen atoms in total. The minimum atomic E-state index is -3.99. The van der Waals surface area contributed by atoms with Gasteiger partial charge < -0.3 is 5.73 Å². The number of aryl methyl sites for hydroxylation is 2. The first-order valence-electron chi connectivity index (χ1n) is 8.40. The van der Waals surface area contributed by atoms with Gasteiger partial charge >= 0.3 is 5.69 Å². The van der Waals surface area contributed by atoms with Crippen molar-refractivity contribution < 1.29 is 8.42 Å². The standard InChI is InChI=1S/C18H20N4O4S/c1-4-8-12-13-16(21(2)18(24)22(3)17(13)23)20-15(19)14(12)27(25,26)11-9-6-5-7-10-11/h5-7,9-10H,4,8H2,1-3H3,(H2,19,20). The molecule has 0 aliphatic heterocycles. The summed E-state index contributed by atoms with van der Waals surface area (Å²) in [7, 11) is -1.17. The van der Waals surface area contributed by atoms with Gasteiger partial charge in [-0.05, 0) is 24.1 Å². The predicted molar refractivity (Wildman–Crippen MR) is 103 cm³/mol. The van der Waals surface area contributed by atoms with Crippen molar-refractivity contribution in [1.82, 2.24) is 14.1 Å². The Hall–Kier alpha value is -2.94. The zero-order chi connectivity index (χ0) is 19.9. The highest BCUT2D eigenvalue weighted by atomic mass is 32.2. The van der Waals surface area contributed by atoms with E-state index in [0.29, 0.717) is 18.4 Å². The van der Waals surface area contributed by atoms with Crippen LogP contribution in [0.4, 0.5) is 5.82 Å². The first kappa shape index (κ1) is 18.8. The summed E-state index contributed by atoms with van der Waals surface area (Å²) in [5.74, 6) is -0.224.